The van der Waals surface area contributed by atoms with Crippen molar-refractivity contribution in [3.05, 3.63) is 0 Å². The van der Waals surface area contributed by atoms with E-state index in [1.165, 1.54) is 0 Å². The molecule has 4 nitrogen and oxygen atoms in total. The average Bonchev–Trinajstić information content (AvgIpc) is 2.46. The molecule has 2 atom stereocenters. The molecule has 1 aliphatic rings. The van der Waals surface area contributed by atoms with Crippen LogP contribution < -0.4 is 5.32 Å². The molecule has 4 heteroatoms. The lowest BCUT2D eigenvalue weighted by atomic mass is 10.2. The highest BCUT2D eigenvalue weighted by molar-refractivity contribution is 5.83. The predicted octanol–water partition coefficient (Wildman–Crippen LogP) is 0.885. The van der Waals surface area contributed by atoms with E-state index in [4.69, 9.17) is 0 Å². The summed E-state index contributed by atoms with van der Waals surface area (Å²) >= 11 is 0. The number of carbonyl (C=O) groups is 1. The van der Waals surface area contributed by atoms with Crippen LogP contribution in [0.1, 0.15) is 33.1 Å². The van der Waals surface area contributed by atoms with Crippen molar-refractivity contribution in [3.8, 4) is 0 Å². The maximum absolute atomic E-state index is 11.9. The number of hydrogen-bond acceptors (Lipinski definition) is 3. The lowest BCUT2D eigenvalue weighted by Crippen LogP contribution is -2.38. The van der Waals surface area contributed by atoms with Gasteiger partial charge in [0.2, 0.25) is 5.91 Å². The van der Waals surface area contributed by atoms with Crippen LogP contribution in [0.15, 0.2) is 0 Å². The highest BCUT2D eigenvalue weighted by Crippen LogP contribution is 2.15. The molecule has 1 aliphatic heterocycles. The maximum atomic E-state index is 11.9. The van der Waals surface area contributed by atoms with Crippen LogP contribution in [0.25, 0.3) is 0 Å². The second kappa shape index (κ2) is 6.21. The van der Waals surface area contributed by atoms with Crippen LogP contribution in [0, 0.1) is 0 Å². The molecule has 94 valence electrons. The monoisotopic (exact) mass is 227 g/mol. The normalized spacial score (nSPS) is 25.8. The molecule has 1 amide bonds. The summed E-state index contributed by atoms with van der Waals surface area (Å²) in [5, 5.41) is 3.36. The highest BCUT2D eigenvalue weighted by atomic mass is 16.2. The number of hydrogen-bond donors (Lipinski definition) is 1. The van der Waals surface area contributed by atoms with E-state index in [2.05, 4.69) is 31.2 Å². The molecule has 1 saturated heterocycles. The molecule has 0 saturated carbocycles. The SMILES string of the molecule is CCCC1NC(C)C(=O)N1CCCN(C)C. The zero-order valence-corrected chi connectivity index (χ0v) is 11.0. The van der Waals surface area contributed by atoms with Crippen LogP contribution in [-0.4, -0.2) is 55.1 Å². The number of amides is 1. The second-order valence-electron chi connectivity index (χ2n) is 4.88. The molecule has 1 heterocycles. The van der Waals surface area contributed by atoms with E-state index in [0.717, 1.165) is 32.4 Å². The number of carbonyl (C=O) groups excluding carboxylic acids is 1. The lowest BCUT2D eigenvalue weighted by molar-refractivity contribution is -0.129. The van der Waals surface area contributed by atoms with Gasteiger partial charge >= 0.3 is 0 Å². The Morgan fingerprint density at radius 2 is 2.12 bits per heavy atom. The minimum absolute atomic E-state index is 0.00379. The molecule has 0 radical (unpaired) electrons. The van der Waals surface area contributed by atoms with E-state index in [9.17, 15) is 4.79 Å². The van der Waals surface area contributed by atoms with Crippen molar-refractivity contribution in [2.45, 2.75) is 45.3 Å². The Hall–Kier alpha value is -0.610. The molecule has 2 unspecified atom stereocenters. The topological polar surface area (TPSA) is 35.6 Å². The van der Waals surface area contributed by atoms with Crippen molar-refractivity contribution in [1.29, 1.82) is 0 Å². The first kappa shape index (κ1) is 13.5. The van der Waals surface area contributed by atoms with Gasteiger partial charge in [-0.2, -0.15) is 0 Å². The van der Waals surface area contributed by atoms with Gasteiger partial charge in [-0.25, -0.2) is 0 Å². The molecule has 0 aromatic rings. The average molecular weight is 227 g/mol. The van der Waals surface area contributed by atoms with Crippen molar-refractivity contribution in [2.24, 2.45) is 0 Å². The van der Waals surface area contributed by atoms with Gasteiger partial charge in [-0.3, -0.25) is 10.1 Å². The Morgan fingerprint density at radius 1 is 1.44 bits per heavy atom. The van der Waals surface area contributed by atoms with Crippen LogP contribution in [0.2, 0.25) is 0 Å². The zero-order valence-electron chi connectivity index (χ0n) is 11.0. The van der Waals surface area contributed by atoms with E-state index in [0.29, 0.717) is 0 Å². The lowest BCUT2D eigenvalue weighted by Gasteiger charge is -2.24. The van der Waals surface area contributed by atoms with Gasteiger partial charge in [0.25, 0.3) is 0 Å². The third-order valence-corrected chi connectivity index (χ3v) is 3.04. The first-order valence-electron chi connectivity index (χ1n) is 6.27. The van der Waals surface area contributed by atoms with Crippen LogP contribution in [-0.2, 0) is 4.79 Å². The maximum Gasteiger partial charge on any atom is 0.240 e. The minimum atomic E-state index is -0.00379. The first-order valence-corrected chi connectivity index (χ1v) is 6.27. The van der Waals surface area contributed by atoms with E-state index in [1.54, 1.807) is 0 Å². The number of nitrogens with one attached hydrogen (secondary N) is 1. The summed E-state index contributed by atoms with van der Waals surface area (Å²) in [5.74, 6) is 0.261. The van der Waals surface area contributed by atoms with Gasteiger partial charge in [-0.05, 0) is 40.4 Å². The van der Waals surface area contributed by atoms with Crippen molar-refractivity contribution in [3.63, 3.8) is 0 Å². The van der Waals surface area contributed by atoms with Gasteiger partial charge in [0.1, 0.15) is 0 Å². The van der Waals surface area contributed by atoms with Crippen LogP contribution >= 0.6 is 0 Å². The Balaban J connectivity index is 2.43. The first-order chi connectivity index (χ1) is 7.56. The Labute approximate surface area is 99.0 Å². The van der Waals surface area contributed by atoms with Crippen LogP contribution in [0.5, 0.6) is 0 Å². The second-order valence-corrected chi connectivity index (χ2v) is 4.88. The summed E-state index contributed by atoms with van der Waals surface area (Å²) in [6.07, 6.45) is 3.47. The van der Waals surface area contributed by atoms with Crippen molar-refractivity contribution in [1.82, 2.24) is 15.1 Å². The molecular formula is C12H25N3O. The third kappa shape index (κ3) is 3.46. The number of nitrogens with zero attached hydrogens (tertiary/aromatic N) is 2. The highest BCUT2D eigenvalue weighted by Gasteiger charge is 2.34. The summed E-state index contributed by atoms with van der Waals surface area (Å²) in [4.78, 5) is 16.1. The van der Waals surface area contributed by atoms with Crippen molar-refractivity contribution >= 4 is 5.91 Å². The fourth-order valence-corrected chi connectivity index (χ4v) is 2.19. The summed E-state index contributed by atoms with van der Waals surface area (Å²) in [6, 6.07) is -0.00379. The minimum Gasteiger partial charge on any atom is -0.326 e. The van der Waals surface area contributed by atoms with Crippen LogP contribution in [0.4, 0.5) is 0 Å². The van der Waals surface area contributed by atoms with Gasteiger partial charge in [0, 0.05) is 6.54 Å². The summed E-state index contributed by atoms with van der Waals surface area (Å²) < 4.78 is 0. The molecule has 1 N–H and O–H groups in total. The predicted molar refractivity (Wildman–Crippen MR) is 66.2 cm³/mol. The van der Waals surface area contributed by atoms with Gasteiger partial charge in [-0.15, -0.1) is 0 Å². The molecule has 0 aliphatic carbocycles. The smallest absolute Gasteiger partial charge is 0.240 e. The Morgan fingerprint density at radius 3 is 2.69 bits per heavy atom. The third-order valence-electron chi connectivity index (χ3n) is 3.04. The molecule has 0 aromatic carbocycles. The molecule has 16 heavy (non-hydrogen) atoms. The molecule has 0 bridgehead atoms. The molecule has 1 fully saturated rings. The number of rotatable bonds is 6. The van der Waals surface area contributed by atoms with Gasteiger partial charge in [-0.1, -0.05) is 13.3 Å². The largest absolute Gasteiger partial charge is 0.326 e. The summed E-state index contributed by atoms with van der Waals surface area (Å²) in [6.45, 7) is 6.03. The summed E-state index contributed by atoms with van der Waals surface area (Å²) in [5.41, 5.74) is 0. The molecule has 1 rings (SSSR count). The van der Waals surface area contributed by atoms with Gasteiger partial charge < -0.3 is 9.80 Å². The van der Waals surface area contributed by atoms with E-state index < -0.39 is 0 Å². The van der Waals surface area contributed by atoms with Crippen molar-refractivity contribution < 1.29 is 4.79 Å². The quantitative estimate of drug-likeness (QED) is 0.732. The van der Waals surface area contributed by atoms with Crippen molar-refractivity contribution in [2.75, 3.05) is 27.2 Å². The zero-order chi connectivity index (χ0) is 12.1. The van der Waals surface area contributed by atoms with Gasteiger partial charge in [0.05, 0.1) is 12.2 Å². The fourth-order valence-electron chi connectivity index (χ4n) is 2.19. The van der Waals surface area contributed by atoms with E-state index in [1.807, 2.05) is 11.8 Å². The fraction of sp³-hybridized carbons (Fsp3) is 0.917. The Bertz CT molecular complexity index is 230. The van der Waals surface area contributed by atoms with Crippen LogP contribution in [0.3, 0.4) is 0 Å². The summed E-state index contributed by atoms with van der Waals surface area (Å²) in [7, 11) is 4.13. The Kier molecular flexibility index (Phi) is 5.22. The van der Waals surface area contributed by atoms with E-state index in [-0.39, 0.29) is 18.1 Å². The molecule has 0 spiro atoms. The standard InChI is InChI=1S/C12H25N3O/c1-5-7-11-13-10(2)12(16)15(11)9-6-8-14(3)4/h10-11,13H,5-9H2,1-4H3. The molecule has 0 aromatic heterocycles. The molecular weight excluding hydrogens is 202 g/mol. The van der Waals surface area contributed by atoms with E-state index >= 15 is 0 Å². The van der Waals surface area contributed by atoms with Gasteiger partial charge in [0.15, 0.2) is 0 Å².